The minimum absolute atomic E-state index is 0.0372. The molecule has 0 spiro atoms. The zero-order valence-electron chi connectivity index (χ0n) is 17.7. The third kappa shape index (κ3) is 5.44. The van der Waals surface area contributed by atoms with Crippen LogP contribution in [0.1, 0.15) is 31.2 Å². The lowest BCUT2D eigenvalue weighted by Crippen LogP contribution is -2.50. The highest BCUT2D eigenvalue weighted by Gasteiger charge is 2.33. The van der Waals surface area contributed by atoms with Gasteiger partial charge >= 0.3 is 0 Å². The van der Waals surface area contributed by atoms with Gasteiger partial charge in [-0.25, -0.2) is 25.9 Å². The minimum atomic E-state index is -3.72. The summed E-state index contributed by atoms with van der Waals surface area (Å²) in [5, 5.41) is 0. The largest absolute Gasteiger partial charge is 0.487 e. The minimum Gasteiger partial charge on any atom is -0.487 e. The molecule has 0 unspecified atom stereocenters. The van der Waals surface area contributed by atoms with E-state index in [1.54, 1.807) is 18.2 Å². The fourth-order valence-electron chi connectivity index (χ4n) is 4.51. The molecule has 2 saturated heterocycles. The molecule has 2 aliphatic heterocycles. The Balaban J connectivity index is 1.27. The molecule has 0 saturated carbocycles. The second kappa shape index (κ2) is 9.80. The molecule has 174 valence electrons. The Morgan fingerprint density at radius 1 is 0.875 bits per heavy atom. The summed E-state index contributed by atoms with van der Waals surface area (Å²) in [5.74, 6) is -2.00. The molecule has 0 amide bonds. The van der Waals surface area contributed by atoms with Crippen molar-refractivity contribution in [2.45, 2.75) is 43.6 Å². The lowest BCUT2D eigenvalue weighted by molar-refractivity contribution is 0.0567. The molecule has 9 heteroatoms. The molecule has 2 aromatic carbocycles. The molecule has 2 aliphatic rings. The summed E-state index contributed by atoms with van der Waals surface area (Å²) in [6.45, 7) is 2.33. The number of hydrogen-bond acceptors (Lipinski definition) is 4. The van der Waals surface area contributed by atoms with Crippen molar-refractivity contribution >= 4 is 10.0 Å². The summed E-state index contributed by atoms with van der Waals surface area (Å²) in [6, 6.07) is 9.52. The summed E-state index contributed by atoms with van der Waals surface area (Å²) >= 11 is 0. The van der Waals surface area contributed by atoms with Crippen LogP contribution in [-0.2, 0) is 15.8 Å². The number of hydrogen-bond donors (Lipinski definition) is 0. The van der Waals surface area contributed by atoms with Gasteiger partial charge in [0.2, 0.25) is 10.0 Å². The number of benzene rings is 2. The Hall–Kier alpha value is -2.10. The van der Waals surface area contributed by atoms with Crippen LogP contribution in [0.3, 0.4) is 0 Å². The molecule has 2 heterocycles. The van der Waals surface area contributed by atoms with Crippen LogP contribution >= 0.6 is 0 Å². The molecular weight excluding hydrogens is 441 g/mol. The Morgan fingerprint density at radius 3 is 2.25 bits per heavy atom. The zero-order chi connectivity index (χ0) is 22.7. The molecule has 32 heavy (non-hydrogen) atoms. The second-order valence-electron chi connectivity index (χ2n) is 8.41. The molecule has 4 rings (SSSR count). The van der Waals surface area contributed by atoms with Crippen LogP contribution in [0.4, 0.5) is 13.2 Å². The van der Waals surface area contributed by atoms with Gasteiger partial charge in [-0.15, -0.1) is 0 Å². The van der Waals surface area contributed by atoms with Gasteiger partial charge in [0.25, 0.3) is 0 Å². The van der Waals surface area contributed by atoms with Gasteiger partial charge in [-0.3, -0.25) is 0 Å². The average Bonchev–Trinajstić information content (AvgIpc) is 2.78. The summed E-state index contributed by atoms with van der Waals surface area (Å²) in [6.07, 6.45) is 2.90. The highest BCUT2D eigenvalue weighted by atomic mass is 32.2. The Morgan fingerprint density at radius 2 is 1.56 bits per heavy atom. The molecule has 2 fully saturated rings. The number of ether oxygens (including phenoxy) is 1. The maximum atomic E-state index is 13.9. The number of rotatable bonds is 6. The zero-order valence-corrected chi connectivity index (χ0v) is 18.5. The maximum Gasteiger partial charge on any atom is 0.218 e. The van der Waals surface area contributed by atoms with Crippen LogP contribution in [0, 0.1) is 17.5 Å². The topological polar surface area (TPSA) is 49.9 Å². The Kier molecular flexibility index (Phi) is 7.07. The van der Waals surface area contributed by atoms with Gasteiger partial charge in [-0.05, 0) is 56.0 Å². The SMILES string of the molecule is O=S(=O)(Cc1cc(F)ccc1F)N1CCC(N2CCC(Oc3ccccc3F)CC2)CC1. The summed E-state index contributed by atoms with van der Waals surface area (Å²) in [4.78, 5) is 2.34. The number of halogens is 3. The first-order valence-corrected chi connectivity index (χ1v) is 12.5. The smallest absolute Gasteiger partial charge is 0.218 e. The van der Waals surface area contributed by atoms with Gasteiger partial charge in [0.1, 0.15) is 17.7 Å². The van der Waals surface area contributed by atoms with Gasteiger partial charge in [0.05, 0.1) is 5.75 Å². The van der Waals surface area contributed by atoms with E-state index in [1.165, 1.54) is 10.4 Å². The van der Waals surface area contributed by atoms with E-state index in [-0.39, 0.29) is 29.3 Å². The quantitative estimate of drug-likeness (QED) is 0.645. The van der Waals surface area contributed by atoms with E-state index in [0.717, 1.165) is 44.1 Å². The molecule has 5 nitrogen and oxygen atoms in total. The molecule has 0 radical (unpaired) electrons. The molecule has 0 aromatic heterocycles. The Bertz CT molecular complexity index is 1030. The average molecular weight is 469 g/mol. The van der Waals surface area contributed by atoms with Gasteiger partial charge in [-0.1, -0.05) is 12.1 Å². The van der Waals surface area contributed by atoms with Gasteiger partial charge in [0, 0.05) is 37.8 Å². The monoisotopic (exact) mass is 468 g/mol. The number of likely N-dealkylation sites (tertiary alicyclic amines) is 1. The first-order valence-electron chi connectivity index (χ1n) is 10.9. The standard InChI is InChI=1S/C23H27F3N2O3S/c24-18-5-6-21(25)17(15-18)16-32(29,30)28-13-7-19(8-14-28)27-11-9-20(10-12-27)31-23-4-2-1-3-22(23)26/h1-6,15,19-20H,7-14,16H2. The highest BCUT2D eigenvalue weighted by molar-refractivity contribution is 7.88. The van der Waals surface area contributed by atoms with Crippen LogP contribution in [0.2, 0.25) is 0 Å². The molecule has 0 aliphatic carbocycles. The van der Waals surface area contributed by atoms with Crippen molar-refractivity contribution < 1.29 is 26.3 Å². The third-order valence-electron chi connectivity index (χ3n) is 6.29. The second-order valence-corrected chi connectivity index (χ2v) is 10.4. The predicted octanol–water partition coefficient (Wildman–Crippen LogP) is 3.94. The summed E-state index contributed by atoms with van der Waals surface area (Å²) in [7, 11) is -3.72. The van der Waals surface area contributed by atoms with Crippen molar-refractivity contribution in [2.24, 2.45) is 0 Å². The van der Waals surface area contributed by atoms with Crippen LogP contribution in [0.5, 0.6) is 5.75 Å². The van der Waals surface area contributed by atoms with E-state index in [9.17, 15) is 21.6 Å². The molecule has 0 bridgehead atoms. The normalized spacial score (nSPS) is 19.8. The van der Waals surface area contributed by atoms with E-state index in [1.807, 2.05) is 0 Å². The van der Waals surface area contributed by atoms with Crippen LogP contribution in [0.15, 0.2) is 42.5 Å². The maximum absolute atomic E-state index is 13.9. The lowest BCUT2D eigenvalue weighted by atomic mass is 10.00. The van der Waals surface area contributed by atoms with Crippen molar-refractivity contribution in [3.8, 4) is 5.75 Å². The highest BCUT2D eigenvalue weighted by Crippen LogP contribution is 2.27. The number of piperidine rings is 2. The number of nitrogens with zero attached hydrogens (tertiary/aromatic N) is 2. The predicted molar refractivity (Wildman–Crippen MR) is 115 cm³/mol. The molecule has 0 N–H and O–H groups in total. The fraction of sp³-hybridized carbons (Fsp3) is 0.478. The Labute approximate surface area is 186 Å². The number of para-hydroxylation sites is 1. The van der Waals surface area contributed by atoms with E-state index >= 15 is 0 Å². The van der Waals surface area contributed by atoms with Gasteiger partial charge < -0.3 is 9.64 Å². The van der Waals surface area contributed by atoms with Crippen molar-refractivity contribution in [2.75, 3.05) is 26.2 Å². The summed E-state index contributed by atoms with van der Waals surface area (Å²) in [5.41, 5.74) is -0.149. The summed E-state index contributed by atoms with van der Waals surface area (Å²) < 4.78 is 73.7. The van der Waals surface area contributed by atoms with Crippen molar-refractivity contribution in [1.82, 2.24) is 9.21 Å². The van der Waals surface area contributed by atoms with E-state index in [4.69, 9.17) is 4.74 Å². The van der Waals surface area contributed by atoms with Crippen LogP contribution in [0.25, 0.3) is 0 Å². The van der Waals surface area contributed by atoms with E-state index < -0.39 is 27.4 Å². The van der Waals surface area contributed by atoms with Gasteiger partial charge in [-0.2, -0.15) is 0 Å². The van der Waals surface area contributed by atoms with Crippen molar-refractivity contribution in [3.05, 3.63) is 65.5 Å². The first-order chi connectivity index (χ1) is 15.3. The van der Waals surface area contributed by atoms with Crippen molar-refractivity contribution in [3.63, 3.8) is 0 Å². The van der Waals surface area contributed by atoms with Crippen LogP contribution in [-0.4, -0.2) is 55.9 Å². The fourth-order valence-corrected chi connectivity index (χ4v) is 6.07. The molecule has 2 aromatic rings. The van der Waals surface area contributed by atoms with E-state index in [2.05, 4.69) is 4.90 Å². The number of sulfonamides is 1. The van der Waals surface area contributed by atoms with Gasteiger partial charge in [0.15, 0.2) is 11.6 Å². The first kappa shape index (κ1) is 23.1. The lowest BCUT2D eigenvalue weighted by Gasteiger charge is -2.41. The van der Waals surface area contributed by atoms with E-state index in [0.29, 0.717) is 25.9 Å². The molecule has 0 atom stereocenters. The van der Waals surface area contributed by atoms with Crippen molar-refractivity contribution in [1.29, 1.82) is 0 Å². The third-order valence-corrected chi connectivity index (χ3v) is 8.11. The van der Waals surface area contributed by atoms with Crippen LogP contribution < -0.4 is 4.74 Å². The molecular formula is C23H27F3N2O3S.